The lowest BCUT2D eigenvalue weighted by Crippen LogP contribution is -2.37. The van der Waals surface area contributed by atoms with Crippen LogP contribution in [-0.2, 0) is 4.79 Å². The summed E-state index contributed by atoms with van der Waals surface area (Å²) in [6.45, 7) is 8.47. The summed E-state index contributed by atoms with van der Waals surface area (Å²) in [6, 6.07) is 8.58. The van der Waals surface area contributed by atoms with Gasteiger partial charge in [-0.15, -0.1) is 0 Å². The van der Waals surface area contributed by atoms with Crippen LogP contribution >= 0.6 is 0 Å². The highest BCUT2D eigenvalue weighted by Gasteiger charge is 2.09. The molecule has 2 N–H and O–H groups in total. The van der Waals surface area contributed by atoms with Crippen LogP contribution in [0.1, 0.15) is 37.9 Å². The Hall–Kier alpha value is -1.35. The molecule has 0 bridgehead atoms. The summed E-state index contributed by atoms with van der Waals surface area (Å²) in [5.74, 6) is 0.0349. The quantitative estimate of drug-likeness (QED) is 0.820. The van der Waals surface area contributed by atoms with E-state index < -0.39 is 0 Å². The van der Waals surface area contributed by atoms with E-state index in [0.29, 0.717) is 12.6 Å². The number of carbonyl (C=O) groups excluding carboxylic acids is 1. The Labute approximate surface area is 104 Å². The minimum Gasteiger partial charge on any atom is -0.348 e. The van der Waals surface area contributed by atoms with Gasteiger partial charge >= 0.3 is 0 Å². The van der Waals surface area contributed by atoms with Gasteiger partial charge in [-0.25, -0.2) is 0 Å². The van der Waals surface area contributed by atoms with Crippen molar-refractivity contribution in [1.29, 1.82) is 0 Å². The zero-order valence-electron chi connectivity index (χ0n) is 11.1. The van der Waals surface area contributed by atoms with E-state index in [1.165, 1.54) is 5.56 Å². The molecule has 1 rings (SSSR count). The molecule has 94 valence electrons. The van der Waals surface area contributed by atoms with Crippen LogP contribution in [-0.4, -0.2) is 18.5 Å². The predicted octanol–water partition coefficient (Wildman–Crippen LogP) is 2.17. The van der Waals surface area contributed by atoms with Crippen LogP contribution in [0.4, 0.5) is 0 Å². The van der Waals surface area contributed by atoms with Crippen molar-refractivity contribution in [1.82, 2.24) is 10.6 Å². The maximum Gasteiger partial charge on any atom is 0.234 e. The molecule has 0 saturated heterocycles. The number of nitrogens with one attached hydrogen (secondary N) is 2. The highest BCUT2D eigenvalue weighted by Crippen LogP contribution is 2.13. The third-order valence-electron chi connectivity index (χ3n) is 2.59. The van der Waals surface area contributed by atoms with Gasteiger partial charge in [0.05, 0.1) is 12.6 Å². The van der Waals surface area contributed by atoms with Crippen molar-refractivity contribution >= 4 is 5.91 Å². The molecule has 3 heteroatoms. The number of amides is 1. The molecular weight excluding hydrogens is 212 g/mol. The standard InChI is InChI=1S/C14H22N2O/c1-10(2)15-9-14(17)16-12(4)13-7-5-6-11(3)8-13/h5-8,10,12,15H,9H2,1-4H3,(H,16,17)/t12-/m1/s1. The molecule has 1 amide bonds. The van der Waals surface area contributed by atoms with Crippen LogP contribution in [0.25, 0.3) is 0 Å². The van der Waals surface area contributed by atoms with Crippen LogP contribution in [0.2, 0.25) is 0 Å². The van der Waals surface area contributed by atoms with Crippen LogP contribution in [0.3, 0.4) is 0 Å². The largest absolute Gasteiger partial charge is 0.348 e. The fraction of sp³-hybridized carbons (Fsp3) is 0.500. The first-order valence-electron chi connectivity index (χ1n) is 6.08. The van der Waals surface area contributed by atoms with Crippen molar-refractivity contribution in [3.05, 3.63) is 35.4 Å². The summed E-state index contributed by atoms with van der Waals surface area (Å²) in [7, 11) is 0. The maximum absolute atomic E-state index is 11.6. The molecule has 0 spiro atoms. The summed E-state index contributed by atoms with van der Waals surface area (Å²) >= 11 is 0. The van der Waals surface area contributed by atoms with Crippen molar-refractivity contribution < 1.29 is 4.79 Å². The number of rotatable bonds is 5. The van der Waals surface area contributed by atoms with Crippen molar-refractivity contribution in [3.8, 4) is 0 Å². The van der Waals surface area contributed by atoms with Gasteiger partial charge in [-0.05, 0) is 19.4 Å². The average molecular weight is 234 g/mol. The van der Waals surface area contributed by atoms with Gasteiger partial charge in [-0.3, -0.25) is 4.79 Å². The fourth-order valence-electron chi connectivity index (χ4n) is 1.61. The molecule has 17 heavy (non-hydrogen) atoms. The second kappa shape index (κ2) is 6.40. The molecule has 1 atom stereocenters. The molecule has 1 aromatic rings. The maximum atomic E-state index is 11.6. The zero-order valence-corrected chi connectivity index (χ0v) is 11.1. The topological polar surface area (TPSA) is 41.1 Å². The molecule has 0 saturated carbocycles. The summed E-state index contributed by atoms with van der Waals surface area (Å²) in [5, 5.41) is 6.08. The summed E-state index contributed by atoms with van der Waals surface area (Å²) in [5.41, 5.74) is 2.35. The number of hydrogen-bond donors (Lipinski definition) is 2. The molecule has 1 aromatic carbocycles. The molecule has 0 aromatic heterocycles. The van der Waals surface area contributed by atoms with Gasteiger partial charge in [-0.2, -0.15) is 0 Å². The Morgan fingerprint density at radius 1 is 1.29 bits per heavy atom. The Morgan fingerprint density at radius 2 is 2.00 bits per heavy atom. The second-order valence-electron chi connectivity index (χ2n) is 4.74. The Balaban J connectivity index is 2.48. The molecule has 0 unspecified atom stereocenters. The third kappa shape index (κ3) is 5.00. The summed E-state index contributed by atoms with van der Waals surface area (Å²) in [6.07, 6.45) is 0. The van der Waals surface area contributed by atoms with Crippen LogP contribution < -0.4 is 10.6 Å². The normalized spacial score (nSPS) is 12.5. The van der Waals surface area contributed by atoms with Gasteiger partial charge in [-0.1, -0.05) is 43.7 Å². The van der Waals surface area contributed by atoms with E-state index in [4.69, 9.17) is 0 Å². The van der Waals surface area contributed by atoms with Crippen molar-refractivity contribution in [2.75, 3.05) is 6.54 Å². The predicted molar refractivity (Wildman–Crippen MR) is 70.9 cm³/mol. The van der Waals surface area contributed by atoms with Gasteiger partial charge in [0.1, 0.15) is 0 Å². The van der Waals surface area contributed by atoms with Gasteiger partial charge in [0.15, 0.2) is 0 Å². The highest BCUT2D eigenvalue weighted by molar-refractivity contribution is 5.78. The fourth-order valence-corrected chi connectivity index (χ4v) is 1.61. The van der Waals surface area contributed by atoms with Crippen molar-refractivity contribution in [2.45, 2.75) is 39.8 Å². The van der Waals surface area contributed by atoms with Gasteiger partial charge < -0.3 is 10.6 Å². The minimum absolute atomic E-state index is 0.0349. The monoisotopic (exact) mass is 234 g/mol. The lowest BCUT2D eigenvalue weighted by molar-refractivity contribution is -0.121. The van der Waals surface area contributed by atoms with Gasteiger partial charge in [0, 0.05) is 6.04 Å². The van der Waals surface area contributed by atoms with E-state index in [2.05, 4.69) is 29.7 Å². The molecule has 3 nitrogen and oxygen atoms in total. The SMILES string of the molecule is Cc1cccc([C@@H](C)NC(=O)CNC(C)C)c1. The first-order valence-corrected chi connectivity index (χ1v) is 6.08. The molecule has 0 aliphatic rings. The summed E-state index contributed by atoms with van der Waals surface area (Å²) < 4.78 is 0. The molecular formula is C14H22N2O. The van der Waals surface area contributed by atoms with Gasteiger partial charge in [0.25, 0.3) is 0 Å². The highest BCUT2D eigenvalue weighted by atomic mass is 16.1. The Morgan fingerprint density at radius 3 is 2.59 bits per heavy atom. The lowest BCUT2D eigenvalue weighted by Gasteiger charge is -2.16. The van der Waals surface area contributed by atoms with Crippen molar-refractivity contribution in [2.24, 2.45) is 0 Å². The molecule has 0 radical (unpaired) electrons. The Kier molecular flexibility index (Phi) is 5.16. The third-order valence-corrected chi connectivity index (χ3v) is 2.59. The number of carbonyl (C=O) groups is 1. The molecule has 0 fully saturated rings. The average Bonchev–Trinajstić information content (AvgIpc) is 2.26. The van der Waals surface area contributed by atoms with Crippen LogP contribution in [0, 0.1) is 6.92 Å². The van der Waals surface area contributed by atoms with E-state index in [9.17, 15) is 4.79 Å². The van der Waals surface area contributed by atoms with E-state index >= 15 is 0 Å². The van der Waals surface area contributed by atoms with E-state index in [0.717, 1.165) is 5.56 Å². The van der Waals surface area contributed by atoms with Crippen molar-refractivity contribution in [3.63, 3.8) is 0 Å². The number of aryl methyl sites for hydroxylation is 1. The number of benzene rings is 1. The van der Waals surface area contributed by atoms with Gasteiger partial charge in [0.2, 0.25) is 5.91 Å². The molecule has 0 aliphatic heterocycles. The zero-order chi connectivity index (χ0) is 12.8. The molecule has 0 aliphatic carbocycles. The van der Waals surface area contributed by atoms with Crippen LogP contribution in [0.15, 0.2) is 24.3 Å². The van der Waals surface area contributed by atoms with E-state index in [-0.39, 0.29) is 11.9 Å². The number of hydrogen-bond acceptors (Lipinski definition) is 2. The van der Waals surface area contributed by atoms with Crippen LogP contribution in [0.5, 0.6) is 0 Å². The first kappa shape index (κ1) is 13.7. The minimum atomic E-state index is 0.0349. The Bertz CT molecular complexity index is 374. The first-order chi connectivity index (χ1) is 7.99. The van der Waals surface area contributed by atoms with E-state index in [1.807, 2.05) is 32.9 Å². The second-order valence-corrected chi connectivity index (χ2v) is 4.74. The smallest absolute Gasteiger partial charge is 0.234 e. The molecule has 0 heterocycles. The van der Waals surface area contributed by atoms with E-state index in [1.54, 1.807) is 0 Å². The summed E-state index contributed by atoms with van der Waals surface area (Å²) in [4.78, 5) is 11.6. The lowest BCUT2D eigenvalue weighted by atomic mass is 10.1.